The third-order valence-electron chi connectivity index (χ3n) is 6.66. The zero-order valence-electron chi connectivity index (χ0n) is 21.2. The molecule has 15 nitrogen and oxygen atoms in total. The second-order valence-corrected chi connectivity index (χ2v) is 12.4. The lowest BCUT2D eigenvalue weighted by atomic mass is 9.89. The van der Waals surface area contributed by atoms with Crippen molar-refractivity contribution in [1.29, 1.82) is 0 Å². The Morgan fingerprint density at radius 3 is 2.95 bits per heavy atom. The van der Waals surface area contributed by atoms with Crippen LogP contribution < -0.4 is 16.8 Å². The molecule has 2 fully saturated rings. The number of rotatable bonds is 12. The number of allylic oxidation sites excluding steroid dienone is 1. The van der Waals surface area contributed by atoms with Gasteiger partial charge < -0.3 is 31.6 Å². The van der Waals surface area contributed by atoms with E-state index in [4.69, 9.17) is 16.3 Å². The highest BCUT2D eigenvalue weighted by Gasteiger charge is 2.57. The first-order valence-corrected chi connectivity index (χ1v) is 15.4. The summed E-state index contributed by atoms with van der Waals surface area (Å²) in [6.45, 7) is 1.01. The molecule has 3 unspecified atom stereocenters. The number of aryl methyl sites for hydroxylation is 1. The number of aliphatic carboxylic acids is 1. The summed E-state index contributed by atoms with van der Waals surface area (Å²) < 4.78 is 1.59. The van der Waals surface area contributed by atoms with Gasteiger partial charge in [0.05, 0.1) is 0 Å². The molecule has 1 aliphatic carbocycles. The molecular formula is C22H28N10O5S3. The molecule has 0 aromatic carbocycles. The van der Waals surface area contributed by atoms with E-state index in [-0.39, 0.29) is 46.6 Å². The van der Waals surface area contributed by atoms with Gasteiger partial charge in [-0.25, -0.2) is 9.67 Å². The van der Waals surface area contributed by atoms with Gasteiger partial charge in [0.15, 0.2) is 10.8 Å². The lowest BCUT2D eigenvalue weighted by molar-refractivity contribution is -0.157. The molecule has 3 aliphatic rings. The third kappa shape index (κ3) is 5.79. The smallest absolute Gasteiger partial charge is 0.313 e. The molecule has 2 aromatic heterocycles. The van der Waals surface area contributed by atoms with E-state index < -0.39 is 28.7 Å². The number of thiazole rings is 1. The first-order valence-electron chi connectivity index (χ1n) is 12.5. The number of tetrazole rings is 1. The minimum absolute atomic E-state index is 0.00324. The number of nitrogens with two attached hydrogens (primary N) is 2. The van der Waals surface area contributed by atoms with E-state index in [1.54, 1.807) is 10.1 Å². The number of β-lactam (4-membered cyclic amide) rings is 1. The third-order valence-corrected chi connectivity index (χ3v) is 10.2. The highest BCUT2D eigenvalue weighted by Crippen LogP contribution is 2.44. The Bertz CT molecular complexity index is 1330. The van der Waals surface area contributed by atoms with Crippen LogP contribution in [-0.2, 0) is 25.8 Å². The Morgan fingerprint density at radius 1 is 1.40 bits per heavy atom. The predicted octanol–water partition coefficient (Wildman–Crippen LogP) is -0.237. The number of aromatic nitrogens is 5. The number of nitrogen functional groups attached to an aromatic ring is 1. The molecule has 6 N–H and O–H groups in total. The van der Waals surface area contributed by atoms with Gasteiger partial charge in [-0.1, -0.05) is 23.0 Å². The van der Waals surface area contributed by atoms with Gasteiger partial charge in [0.2, 0.25) is 11.1 Å². The van der Waals surface area contributed by atoms with E-state index in [1.807, 2.05) is 12.2 Å². The van der Waals surface area contributed by atoms with Crippen LogP contribution in [0.5, 0.6) is 0 Å². The number of carboxylic acids is 1. The molecule has 18 heteroatoms. The molecule has 2 aromatic rings. The standard InChI is InChI=1S/C22H28N10O5S3/c23-6-3-7-32-21(27-29-30-32)40-11-22(19(35)36)9-31-17(34)15(18(31)39-10-22)26-16(33)14(13-8-38-20(24)25-13)28-37-12-4-1-2-5-12/h1,4,8,12,15,18H,2-3,5-7,9-11,23H2,(H2,24,25)(H,26,33)(H,35,36)/t12?,15?,18-,22?/m1/s1. The highest BCUT2D eigenvalue weighted by atomic mass is 32.2. The van der Waals surface area contributed by atoms with Crippen molar-refractivity contribution in [3.63, 3.8) is 0 Å². The number of anilines is 1. The Labute approximate surface area is 241 Å². The van der Waals surface area contributed by atoms with Crippen molar-refractivity contribution < 1.29 is 24.3 Å². The van der Waals surface area contributed by atoms with Gasteiger partial charge in [-0.3, -0.25) is 14.4 Å². The fourth-order valence-electron chi connectivity index (χ4n) is 4.41. The summed E-state index contributed by atoms with van der Waals surface area (Å²) in [7, 11) is 0. The summed E-state index contributed by atoms with van der Waals surface area (Å²) in [6.07, 6.45) is 5.88. The summed E-state index contributed by atoms with van der Waals surface area (Å²) in [4.78, 5) is 49.9. The van der Waals surface area contributed by atoms with Crippen LogP contribution in [0.2, 0.25) is 0 Å². The zero-order chi connectivity index (χ0) is 28.3. The Hall–Kier alpha value is -3.22. The Kier molecular flexibility index (Phi) is 8.57. The summed E-state index contributed by atoms with van der Waals surface area (Å²) in [5.74, 6) is -1.60. The Morgan fingerprint density at radius 2 is 2.25 bits per heavy atom. The summed E-state index contributed by atoms with van der Waals surface area (Å²) in [6, 6.07) is -0.840. The fourth-order valence-corrected chi connectivity index (χ4v) is 7.73. The minimum Gasteiger partial charge on any atom is -0.481 e. The molecule has 4 atom stereocenters. The van der Waals surface area contributed by atoms with Crippen molar-refractivity contribution in [2.45, 2.75) is 48.5 Å². The van der Waals surface area contributed by atoms with E-state index in [0.29, 0.717) is 24.7 Å². The summed E-state index contributed by atoms with van der Waals surface area (Å²) in [5.41, 5.74) is 10.3. The SMILES string of the molecule is NCCCn1nnnc1SCC1(C(=O)O)CS[C@@H]2C(NC(=O)C(=NOC3C=CCC3)c3csc(N)n3)C(=O)N2C1. The number of carboxylic acid groups (broad SMARTS) is 1. The van der Waals surface area contributed by atoms with Crippen LogP contribution in [0.3, 0.4) is 0 Å². The predicted molar refractivity (Wildman–Crippen MR) is 148 cm³/mol. The molecule has 5 rings (SSSR count). The molecule has 40 heavy (non-hydrogen) atoms. The first kappa shape index (κ1) is 28.3. The molecule has 214 valence electrons. The monoisotopic (exact) mass is 608 g/mol. The van der Waals surface area contributed by atoms with Crippen molar-refractivity contribution in [3.05, 3.63) is 23.2 Å². The zero-order valence-corrected chi connectivity index (χ0v) is 23.7. The molecule has 0 radical (unpaired) electrons. The number of hydrogen-bond donors (Lipinski definition) is 4. The molecule has 2 aliphatic heterocycles. The molecule has 0 spiro atoms. The quantitative estimate of drug-likeness (QED) is 0.0805. The first-order chi connectivity index (χ1) is 19.3. The van der Waals surface area contributed by atoms with Crippen molar-refractivity contribution in [2.75, 3.05) is 30.3 Å². The van der Waals surface area contributed by atoms with Crippen LogP contribution >= 0.6 is 34.9 Å². The van der Waals surface area contributed by atoms with Crippen LogP contribution in [0.15, 0.2) is 27.8 Å². The van der Waals surface area contributed by atoms with Gasteiger partial charge in [-0.15, -0.1) is 28.2 Å². The second kappa shape index (κ2) is 12.1. The number of thioether (sulfide) groups is 2. The topological polar surface area (TPSA) is 217 Å². The molecule has 4 heterocycles. The normalized spacial score (nSPS) is 25.9. The molecule has 0 saturated carbocycles. The second-order valence-electron chi connectivity index (χ2n) is 9.48. The van der Waals surface area contributed by atoms with Gasteiger partial charge in [0, 0.05) is 30.0 Å². The van der Waals surface area contributed by atoms with Crippen molar-refractivity contribution in [3.8, 4) is 0 Å². The van der Waals surface area contributed by atoms with Crippen molar-refractivity contribution >= 4 is 63.5 Å². The average molecular weight is 609 g/mol. The van der Waals surface area contributed by atoms with Gasteiger partial charge in [0.25, 0.3) is 5.91 Å². The van der Waals surface area contributed by atoms with Gasteiger partial charge in [-0.2, -0.15) is 0 Å². The van der Waals surface area contributed by atoms with Gasteiger partial charge >= 0.3 is 5.97 Å². The molecular weight excluding hydrogens is 581 g/mol. The van der Waals surface area contributed by atoms with E-state index in [0.717, 1.165) is 24.2 Å². The maximum absolute atomic E-state index is 13.2. The number of carbonyl (C=O) groups is 3. The largest absolute Gasteiger partial charge is 0.481 e. The molecule has 2 amide bonds. The maximum Gasteiger partial charge on any atom is 0.313 e. The number of nitrogens with zero attached hydrogens (tertiary/aromatic N) is 7. The van der Waals surface area contributed by atoms with Crippen molar-refractivity contribution in [2.24, 2.45) is 16.3 Å². The minimum atomic E-state index is -1.21. The number of nitrogens with one attached hydrogen (secondary N) is 1. The average Bonchev–Trinajstić information content (AvgIpc) is 3.72. The van der Waals surface area contributed by atoms with Crippen LogP contribution in [-0.4, -0.2) is 101 Å². The van der Waals surface area contributed by atoms with E-state index in [9.17, 15) is 19.5 Å². The summed E-state index contributed by atoms with van der Waals surface area (Å²) >= 11 is 3.70. The van der Waals surface area contributed by atoms with E-state index in [2.05, 4.69) is 31.0 Å². The number of amides is 2. The number of fused-ring (bicyclic) bond motifs is 1. The Balaban J connectivity index is 1.24. The van der Waals surface area contributed by atoms with Crippen molar-refractivity contribution in [1.82, 2.24) is 35.4 Å². The maximum atomic E-state index is 13.2. The van der Waals surface area contributed by atoms with Crippen LogP contribution in [0.25, 0.3) is 0 Å². The van der Waals surface area contributed by atoms with Crippen LogP contribution in [0, 0.1) is 5.41 Å². The lowest BCUT2D eigenvalue weighted by Gasteiger charge is -2.53. The van der Waals surface area contributed by atoms with E-state index in [1.165, 1.54) is 28.4 Å². The van der Waals surface area contributed by atoms with E-state index >= 15 is 0 Å². The number of carbonyl (C=O) groups excluding carboxylic acids is 2. The van der Waals surface area contributed by atoms with Crippen LogP contribution in [0.4, 0.5) is 5.13 Å². The molecule has 2 saturated heterocycles. The van der Waals surface area contributed by atoms with Crippen LogP contribution in [0.1, 0.15) is 25.0 Å². The van der Waals surface area contributed by atoms with Gasteiger partial charge in [-0.05, 0) is 42.3 Å². The van der Waals surface area contributed by atoms with Gasteiger partial charge in [0.1, 0.15) is 28.6 Å². The fraction of sp³-hybridized carbons (Fsp3) is 0.545. The number of oxime groups is 1. The lowest BCUT2D eigenvalue weighted by Crippen LogP contribution is -2.74. The number of hydrogen-bond acceptors (Lipinski definition) is 14. The summed E-state index contributed by atoms with van der Waals surface area (Å²) in [5, 5.41) is 30.5. The highest BCUT2D eigenvalue weighted by molar-refractivity contribution is 8.00. The molecule has 0 bridgehead atoms.